The number of allylic oxidation sites excluding steroid dienone is 1. The van der Waals surface area contributed by atoms with Gasteiger partial charge in [0.1, 0.15) is 0 Å². The molecule has 0 nitrogen and oxygen atoms in total. The second-order valence-electron chi connectivity index (χ2n) is 5.58. The average molecular weight is 256 g/mol. The van der Waals surface area contributed by atoms with Gasteiger partial charge in [0.2, 0.25) is 0 Å². The summed E-state index contributed by atoms with van der Waals surface area (Å²) in [6, 6.07) is 21.8. The SMILES string of the molecule is CC1=Cc2c(cc3ccccc3c2-c2ccccc2)C1. The molecule has 1 aliphatic rings. The molecule has 0 aliphatic heterocycles. The van der Waals surface area contributed by atoms with Crippen molar-refractivity contribution in [2.45, 2.75) is 13.3 Å². The molecule has 0 spiro atoms. The Bertz CT molecular complexity index is 823. The summed E-state index contributed by atoms with van der Waals surface area (Å²) >= 11 is 0. The second-order valence-corrected chi connectivity index (χ2v) is 5.58. The standard InChI is InChI=1S/C20H16/c1-14-11-17-13-16-9-5-6-10-18(16)20(19(17)12-14)15-7-3-2-4-8-15/h2-10,12-13H,11H2,1H3. The highest BCUT2D eigenvalue weighted by molar-refractivity contribution is 6.02. The predicted molar refractivity (Wildman–Crippen MR) is 86.7 cm³/mol. The zero-order valence-corrected chi connectivity index (χ0v) is 11.6. The van der Waals surface area contributed by atoms with Gasteiger partial charge in [0.25, 0.3) is 0 Å². The highest BCUT2D eigenvalue weighted by atomic mass is 14.2. The lowest BCUT2D eigenvalue weighted by Crippen LogP contribution is -1.90. The Morgan fingerprint density at radius 1 is 0.850 bits per heavy atom. The summed E-state index contributed by atoms with van der Waals surface area (Å²) < 4.78 is 0. The third kappa shape index (κ3) is 1.69. The van der Waals surface area contributed by atoms with E-state index in [1.807, 2.05) is 0 Å². The molecule has 4 rings (SSSR count). The van der Waals surface area contributed by atoms with E-state index in [-0.39, 0.29) is 0 Å². The first-order chi connectivity index (χ1) is 9.83. The molecule has 0 radical (unpaired) electrons. The van der Waals surface area contributed by atoms with Crippen molar-refractivity contribution in [2.24, 2.45) is 0 Å². The number of benzene rings is 3. The third-order valence-corrected chi connectivity index (χ3v) is 4.10. The van der Waals surface area contributed by atoms with Crippen LogP contribution in [-0.4, -0.2) is 0 Å². The van der Waals surface area contributed by atoms with E-state index in [0.717, 1.165) is 6.42 Å². The number of rotatable bonds is 1. The van der Waals surface area contributed by atoms with Crippen molar-refractivity contribution in [3.63, 3.8) is 0 Å². The summed E-state index contributed by atoms with van der Waals surface area (Å²) in [6.07, 6.45) is 3.43. The van der Waals surface area contributed by atoms with E-state index in [9.17, 15) is 0 Å². The zero-order chi connectivity index (χ0) is 13.5. The molecule has 96 valence electrons. The molecule has 0 bridgehead atoms. The fourth-order valence-corrected chi connectivity index (χ4v) is 3.25. The molecule has 0 atom stereocenters. The van der Waals surface area contributed by atoms with Crippen molar-refractivity contribution in [2.75, 3.05) is 0 Å². The van der Waals surface area contributed by atoms with Gasteiger partial charge in [-0.25, -0.2) is 0 Å². The lowest BCUT2D eigenvalue weighted by atomic mass is 9.91. The highest BCUT2D eigenvalue weighted by Crippen LogP contribution is 2.39. The van der Waals surface area contributed by atoms with Gasteiger partial charge in [0, 0.05) is 0 Å². The van der Waals surface area contributed by atoms with Gasteiger partial charge in [-0.3, -0.25) is 0 Å². The van der Waals surface area contributed by atoms with Crippen LogP contribution in [0.4, 0.5) is 0 Å². The Morgan fingerprint density at radius 2 is 1.60 bits per heavy atom. The van der Waals surface area contributed by atoms with Crippen LogP contribution in [0.15, 0.2) is 66.2 Å². The summed E-state index contributed by atoms with van der Waals surface area (Å²) in [6.45, 7) is 2.22. The second kappa shape index (κ2) is 4.35. The molecule has 0 heterocycles. The van der Waals surface area contributed by atoms with Gasteiger partial charge in [0.05, 0.1) is 0 Å². The summed E-state index contributed by atoms with van der Waals surface area (Å²) in [4.78, 5) is 0. The molecule has 0 N–H and O–H groups in total. The van der Waals surface area contributed by atoms with E-state index >= 15 is 0 Å². The maximum Gasteiger partial charge on any atom is -0.00300 e. The summed E-state index contributed by atoms with van der Waals surface area (Å²) in [5.41, 5.74) is 7.02. The van der Waals surface area contributed by atoms with Crippen molar-refractivity contribution < 1.29 is 0 Å². The summed E-state index contributed by atoms with van der Waals surface area (Å²) in [7, 11) is 0. The molecule has 0 heteroatoms. The van der Waals surface area contributed by atoms with E-state index < -0.39 is 0 Å². The lowest BCUT2D eigenvalue weighted by Gasteiger charge is -2.13. The van der Waals surface area contributed by atoms with Gasteiger partial charge >= 0.3 is 0 Å². The minimum atomic E-state index is 1.08. The molecule has 0 unspecified atom stereocenters. The van der Waals surface area contributed by atoms with Crippen molar-refractivity contribution in [3.05, 3.63) is 77.4 Å². The predicted octanol–water partition coefficient (Wildman–Crippen LogP) is 5.47. The van der Waals surface area contributed by atoms with Crippen molar-refractivity contribution in [3.8, 4) is 11.1 Å². The molecule has 3 aromatic carbocycles. The first-order valence-electron chi connectivity index (χ1n) is 7.10. The number of hydrogen-bond acceptors (Lipinski definition) is 0. The van der Waals surface area contributed by atoms with Gasteiger partial charge in [-0.1, -0.05) is 72.3 Å². The van der Waals surface area contributed by atoms with Crippen molar-refractivity contribution >= 4 is 16.8 Å². The number of hydrogen-bond donors (Lipinski definition) is 0. The normalized spacial score (nSPS) is 13.3. The topological polar surface area (TPSA) is 0 Å². The van der Waals surface area contributed by atoms with Gasteiger partial charge in [0.15, 0.2) is 0 Å². The largest absolute Gasteiger partial charge is 0.0683 e. The van der Waals surface area contributed by atoms with Gasteiger partial charge < -0.3 is 0 Å². The van der Waals surface area contributed by atoms with E-state index in [2.05, 4.69) is 73.7 Å². The summed E-state index contributed by atoms with van der Waals surface area (Å²) in [5.74, 6) is 0. The van der Waals surface area contributed by atoms with Crippen LogP contribution in [-0.2, 0) is 6.42 Å². The Balaban J connectivity index is 2.14. The van der Waals surface area contributed by atoms with E-state index in [1.165, 1.54) is 38.6 Å². The highest BCUT2D eigenvalue weighted by Gasteiger charge is 2.17. The van der Waals surface area contributed by atoms with E-state index in [1.54, 1.807) is 0 Å². The van der Waals surface area contributed by atoms with E-state index in [4.69, 9.17) is 0 Å². The molecule has 0 aromatic heterocycles. The smallest absolute Gasteiger partial charge is 0.00300 e. The molecule has 0 fully saturated rings. The van der Waals surface area contributed by atoms with Gasteiger partial charge in [-0.15, -0.1) is 0 Å². The Kier molecular flexibility index (Phi) is 2.50. The monoisotopic (exact) mass is 256 g/mol. The molecule has 0 amide bonds. The minimum Gasteiger partial charge on any atom is -0.0683 e. The van der Waals surface area contributed by atoms with Crippen LogP contribution in [0.1, 0.15) is 18.1 Å². The van der Waals surface area contributed by atoms with Gasteiger partial charge in [-0.05, 0) is 46.4 Å². The maximum absolute atomic E-state index is 2.35. The first kappa shape index (κ1) is 11.5. The van der Waals surface area contributed by atoms with Gasteiger partial charge in [-0.2, -0.15) is 0 Å². The maximum atomic E-state index is 2.35. The van der Waals surface area contributed by atoms with Crippen LogP contribution in [0.2, 0.25) is 0 Å². The van der Waals surface area contributed by atoms with Crippen LogP contribution in [0, 0.1) is 0 Å². The fraction of sp³-hybridized carbons (Fsp3) is 0.100. The Morgan fingerprint density at radius 3 is 2.45 bits per heavy atom. The molecule has 20 heavy (non-hydrogen) atoms. The molecular formula is C20H16. The average Bonchev–Trinajstić information content (AvgIpc) is 2.85. The molecule has 0 saturated heterocycles. The van der Waals surface area contributed by atoms with E-state index in [0.29, 0.717) is 0 Å². The molecule has 0 saturated carbocycles. The van der Waals surface area contributed by atoms with Crippen LogP contribution < -0.4 is 0 Å². The number of fused-ring (bicyclic) bond motifs is 2. The zero-order valence-electron chi connectivity index (χ0n) is 11.6. The van der Waals surface area contributed by atoms with Crippen LogP contribution in [0.25, 0.3) is 28.0 Å². The quantitative estimate of drug-likeness (QED) is 0.542. The molecule has 3 aromatic rings. The third-order valence-electron chi connectivity index (χ3n) is 4.10. The lowest BCUT2D eigenvalue weighted by molar-refractivity contribution is 1.20. The molecule has 1 aliphatic carbocycles. The van der Waals surface area contributed by atoms with Crippen molar-refractivity contribution in [1.82, 2.24) is 0 Å². The van der Waals surface area contributed by atoms with Crippen LogP contribution in [0.3, 0.4) is 0 Å². The molecular weight excluding hydrogens is 240 g/mol. The minimum absolute atomic E-state index is 1.08. The summed E-state index contributed by atoms with van der Waals surface area (Å²) in [5, 5.41) is 2.69. The van der Waals surface area contributed by atoms with Crippen molar-refractivity contribution in [1.29, 1.82) is 0 Å². The Labute approximate surface area is 119 Å². The first-order valence-corrected chi connectivity index (χ1v) is 7.10. The fourth-order valence-electron chi connectivity index (χ4n) is 3.25. The Hall–Kier alpha value is -2.34. The van der Waals surface area contributed by atoms with Crippen LogP contribution >= 0.6 is 0 Å². The van der Waals surface area contributed by atoms with Crippen LogP contribution in [0.5, 0.6) is 0 Å².